The summed E-state index contributed by atoms with van der Waals surface area (Å²) in [6.45, 7) is 6.45. The maximum absolute atomic E-state index is 11.7. The Kier molecular flexibility index (Phi) is 2.83. The van der Waals surface area contributed by atoms with E-state index in [1.165, 1.54) is 7.11 Å². The summed E-state index contributed by atoms with van der Waals surface area (Å²) in [5, 5.41) is 5.15. The van der Waals surface area contributed by atoms with Crippen molar-refractivity contribution in [3.63, 3.8) is 0 Å². The van der Waals surface area contributed by atoms with Gasteiger partial charge in [0.15, 0.2) is 5.65 Å². The van der Waals surface area contributed by atoms with Crippen molar-refractivity contribution in [3.8, 4) is 0 Å². The van der Waals surface area contributed by atoms with E-state index in [0.29, 0.717) is 5.56 Å². The van der Waals surface area contributed by atoms with Gasteiger partial charge < -0.3 is 4.74 Å². The number of rotatable bonds is 2. The monoisotopic (exact) mass is 233 g/mol. The molecule has 0 radical (unpaired) electrons. The molecule has 0 aromatic carbocycles. The third-order valence-corrected chi connectivity index (χ3v) is 2.71. The molecule has 5 nitrogen and oxygen atoms in total. The number of ether oxygens (including phenoxy) is 1. The van der Waals surface area contributed by atoms with E-state index in [0.717, 1.165) is 29.0 Å². The van der Waals surface area contributed by atoms with E-state index in [1.54, 1.807) is 10.7 Å². The number of hydrogen-bond acceptors (Lipinski definition) is 4. The number of carbonyl (C=O) groups excluding carboxylic acids is 1. The van der Waals surface area contributed by atoms with Crippen LogP contribution in [-0.2, 0) is 11.3 Å². The second-order valence-electron chi connectivity index (χ2n) is 3.90. The number of nitrogens with zero attached hydrogens (tertiary/aromatic N) is 3. The molecule has 90 valence electrons. The third kappa shape index (κ3) is 1.77. The van der Waals surface area contributed by atoms with Crippen LogP contribution >= 0.6 is 0 Å². The van der Waals surface area contributed by atoms with E-state index in [2.05, 4.69) is 10.1 Å². The average molecular weight is 233 g/mol. The van der Waals surface area contributed by atoms with Gasteiger partial charge in [0.1, 0.15) is 0 Å². The predicted molar refractivity (Wildman–Crippen MR) is 64.0 cm³/mol. The molecule has 0 amide bonds. The van der Waals surface area contributed by atoms with Crippen molar-refractivity contribution in [3.05, 3.63) is 23.0 Å². The van der Waals surface area contributed by atoms with Crippen molar-refractivity contribution in [1.82, 2.24) is 14.8 Å². The van der Waals surface area contributed by atoms with Gasteiger partial charge >= 0.3 is 5.97 Å². The zero-order valence-electron chi connectivity index (χ0n) is 10.4. The van der Waals surface area contributed by atoms with Crippen LogP contribution in [0.4, 0.5) is 0 Å². The molecular weight excluding hydrogens is 218 g/mol. The molecule has 0 aliphatic rings. The molecule has 0 saturated carbocycles. The standard InChI is InChI=1S/C12H15N3O2/c1-5-15-11-10(8(3)14-15)9(12(16)17-4)6-7(2)13-11/h6H,5H2,1-4H3. The molecule has 0 N–H and O–H groups in total. The maximum Gasteiger partial charge on any atom is 0.338 e. The van der Waals surface area contributed by atoms with Crippen LogP contribution < -0.4 is 0 Å². The SMILES string of the molecule is CCn1nc(C)c2c(C(=O)OC)cc(C)nc21. The van der Waals surface area contributed by atoms with Crippen LogP contribution in [0.5, 0.6) is 0 Å². The van der Waals surface area contributed by atoms with Gasteiger partial charge in [-0.15, -0.1) is 0 Å². The quantitative estimate of drug-likeness (QED) is 0.743. The van der Waals surface area contributed by atoms with Gasteiger partial charge in [0.05, 0.1) is 23.8 Å². The number of carbonyl (C=O) groups is 1. The van der Waals surface area contributed by atoms with E-state index in [4.69, 9.17) is 4.74 Å². The van der Waals surface area contributed by atoms with Gasteiger partial charge in [0.2, 0.25) is 0 Å². The third-order valence-electron chi connectivity index (χ3n) is 2.71. The fourth-order valence-corrected chi connectivity index (χ4v) is 1.97. The Labute approximate surface area is 99.4 Å². The molecule has 0 bridgehead atoms. The highest BCUT2D eigenvalue weighted by atomic mass is 16.5. The molecule has 2 aromatic rings. The van der Waals surface area contributed by atoms with Crippen LogP contribution in [0.2, 0.25) is 0 Å². The lowest BCUT2D eigenvalue weighted by molar-refractivity contribution is 0.0602. The second kappa shape index (κ2) is 4.16. The summed E-state index contributed by atoms with van der Waals surface area (Å²) >= 11 is 0. The highest BCUT2D eigenvalue weighted by molar-refractivity contribution is 6.03. The van der Waals surface area contributed by atoms with Crippen LogP contribution in [-0.4, -0.2) is 27.8 Å². The molecule has 0 atom stereocenters. The zero-order valence-corrected chi connectivity index (χ0v) is 10.4. The summed E-state index contributed by atoms with van der Waals surface area (Å²) in [5.41, 5.74) is 2.86. The lowest BCUT2D eigenvalue weighted by Crippen LogP contribution is -2.05. The molecule has 2 aromatic heterocycles. The van der Waals surface area contributed by atoms with Crippen molar-refractivity contribution in [2.45, 2.75) is 27.3 Å². The molecule has 5 heteroatoms. The Morgan fingerprint density at radius 1 is 1.47 bits per heavy atom. The largest absolute Gasteiger partial charge is 0.465 e. The highest BCUT2D eigenvalue weighted by Crippen LogP contribution is 2.22. The first kappa shape index (κ1) is 11.6. The number of pyridine rings is 1. The van der Waals surface area contributed by atoms with Crippen LogP contribution in [0.1, 0.15) is 28.7 Å². The summed E-state index contributed by atoms with van der Waals surface area (Å²) < 4.78 is 6.59. The van der Waals surface area contributed by atoms with E-state index >= 15 is 0 Å². The molecule has 0 aliphatic carbocycles. The first-order chi connectivity index (χ1) is 8.08. The minimum Gasteiger partial charge on any atom is -0.465 e. The molecule has 0 unspecified atom stereocenters. The summed E-state index contributed by atoms with van der Waals surface area (Å²) in [4.78, 5) is 16.2. The van der Waals surface area contributed by atoms with Gasteiger partial charge in [-0.05, 0) is 26.8 Å². The molecule has 0 saturated heterocycles. The Hall–Kier alpha value is -1.91. The number of aromatic nitrogens is 3. The lowest BCUT2D eigenvalue weighted by Gasteiger charge is -2.04. The first-order valence-electron chi connectivity index (χ1n) is 5.51. The van der Waals surface area contributed by atoms with Crippen LogP contribution in [0.15, 0.2) is 6.07 Å². The minimum absolute atomic E-state index is 0.348. The molecule has 0 fully saturated rings. The van der Waals surface area contributed by atoms with Gasteiger partial charge in [-0.2, -0.15) is 5.10 Å². The van der Waals surface area contributed by atoms with E-state index in [9.17, 15) is 4.79 Å². The Bertz CT molecular complexity index is 587. The van der Waals surface area contributed by atoms with E-state index in [-0.39, 0.29) is 5.97 Å². The van der Waals surface area contributed by atoms with E-state index < -0.39 is 0 Å². The fraction of sp³-hybridized carbons (Fsp3) is 0.417. The highest BCUT2D eigenvalue weighted by Gasteiger charge is 2.18. The van der Waals surface area contributed by atoms with Crippen molar-refractivity contribution >= 4 is 17.0 Å². The topological polar surface area (TPSA) is 57.0 Å². The van der Waals surface area contributed by atoms with Crippen molar-refractivity contribution < 1.29 is 9.53 Å². The van der Waals surface area contributed by atoms with Gasteiger partial charge in [-0.25, -0.2) is 14.5 Å². The van der Waals surface area contributed by atoms with Gasteiger partial charge in [-0.3, -0.25) is 0 Å². The van der Waals surface area contributed by atoms with Gasteiger partial charge in [0, 0.05) is 12.2 Å². The number of aryl methyl sites for hydroxylation is 3. The predicted octanol–water partition coefficient (Wildman–Crippen LogP) is 1.85. The molecular formula is C12H15N3O2. The lowest BCUT2D eigenvalue weighted by atomic mass is 10.1. The molecule has 2 rings (SSSR count). The van der Waals surface area contributed by atoms with Crippen molar-refractivity contribution in [2.75, 3.05) is 7.11 Å². The normalized spacial score (nSPS) is 10.8. The summed E-state index contributed by atoms with van der Waals surface area (Å²) in [6, 6.07) is 1.74. The number of methoxy groups -OCH3 is 1. The van der Waals surface area contributed by atoms with Crippen LogP contribution in [0, 0.1) is 13.8 Å². The Morgan fingerprint density at radius 2 is 2.18 bits per heavy atom. The van der Waals surface area contributed by atoms with Crippen LogP contribution in [0.25, 0.3) is 11.0 Å². The number of hydrogen-bond donors (Lipinski definition) is 0. The smallest absolute Gasteiger partial charge is 0.338 e. The molecule has 17 heavy (non-hydrogen) atoms. The summed E-state index contributed by atoms with van der Waals surface area (Å²) in [5.74, 6) is -0.348. The number of fused-ring (bicyclic) bond motifs is 1. The summed E-state index contributed by atoms with van der Waals surface area (Å²) in [7, 11) is 1.38. The minimum atomic E-state index is -0.348. The fourth-order valence-electron chi connectivity index (χ4n) is 1.97. The number of esters is 1. The maximum atomic E-state index is 11.7. The van der Waals surface area contributed by atoms with Crippen LogP contribution in [0.3, 0.4) is 0 Å². The Morgan fingerprint density at radius 3 is 2.76 bits per heavy atom. The summed E-state index contributed by atoms with van der Waals surface area (Å²) in [6.07, 6.45) is 0. The average Bonchev–Trinajstić information content (AvgIpc) is 2.64. The van der Waals surface area contributed by atoms with Crippen molar-refractivity contribution in [1.29, 1.82) is 0 Å². The molecule has 0 aliphatic heterocycles. The van der Waals surface area contributed by atoms with Gasteiger partial charge in [0.25, 0.3) is 0 Å². The molecule has 0 spiro atoms. The Balaban J connectivity index is 2.84. The molecule has 2 heterocycles. The zero-order chi connectivity index (χ0) is 12.6. The van der Waals surface area contributed by atoms with Gasteiger partial charge in [-0.1, -0.05) is 0 Å². The van der Waals surface area contributed by atoms with Crippen molar-refractivity contribution in [2.24, 2.45) is 0 Å². The van der Waals surface area contributed by atoms with E-state index in [1.807, 2.05) is 20.8 Å². The first-order valence-corrected chi connectivity index (χ1v) is 5.51. The second-order valence-corrected chi connectivity index (χ2v) is 3.90.